The molecule has 8 heteroatoms. The van der Waals surface area contributed by atoms with Gasteiger partial charge in [0.1, 0.15) is 12.4 Å². The molecule has 0 saturated heterocycles. The zero-order valence-corrected chi connectivity index (χ0v) is 20.6. The van der Waals surface area contributed by atoms with Crippen molar-refractivity contribution >= 4 is 34.8 Å². The minimum Gasteiger partial charge on any atom is -0.491 e. The van der Waals surface area contributed by atoms with Gasteiger partial charge in [-0.05, 0) is 60.6 Å². The Labute approximate surface area is 211 Å². The van der Waals surface area contributed by atoms with E-state index in [1.807, 2.05) is 36.4 Å². The quantitative estimate of drug-likeness (QED) is 0.331. The van der Waals surface area contributed by atoms with Gasteiger partial charge < -0.3 is 19.7 Å². The summed E-state index contributed by atoms with van der Waals surface area (Å²) in [6, 6.07) is 23.8. The van der Waals surface area contributed by atoms with E-state index in [0.29, 0.717) is 42.3 Å². The van der Waals surface area contributed by atoms with Crippen LogP contribution in [-0.4, -0.2) is 50.8 Å². The minimum absolute atomic E-state index is 0.181. The molecule has 3 aromatic carbocycles. The minimum atomic E-state index is -0.352. The molecule has 0 aliphatic heterocycles. The molecule has 182 valence electrons. The average molecular weight is 492 g/mol. The van der Waals surface area contributed by atoms with Crippen molar-refractivity contribution in [3.8, 4) is 5.75 Å². The molecule has 3 rings (SSSR count). The summed E-state index contributed by atoms with van der Waals surface area (Å²) in [5.74, 6) is 0.0853. The maximum absolute atomic E-state index is 12.9. The number of rotatable bonds is 10. The number of benzene rings is 3. The SMILES string of the molecule is COCCOc1ccc(C(=O)NC(=S)N(C)c2ccccc2C(=O)NCCc2ccccc2)cc1. The van der Waals surface area contributed by atoms with Crippen molar-refractivity contribution in [2.24, 2.45) is 0 Å². The molecule has 0 heterocycles. The summed E-state index contributed by atoms with van der Waals surface area (Å²) in [4.78, 5) is 27.2. The Balaban J connectivity index is 1.59. The second kappa shape index (κ2) is 13.2. The lowest BCUT2D eigenvalue weighted by atomic mass is 10.1. The van der Waals surface area contributed by atoms with E-state index in [-0.39, 0.29) is 16.9 Å². The Hall–Kier alpha value is -3.75. The molecule has 2 amide bonds. The number of nitrogens with zero attached hydrogens (tertiary/aromatic N) is 1. The van der Waals surface area contributed by atoms with Crippen LogP contribution in [0.15, 0.2) is 78.9 Å². The van der Waals surface area contributed by atoms with Crippen molar-refractivity contribution in [3.63, 3.8) is 0 Å². The molecule has 0 radical (unpaired) electrons. The molecule has 0 spiro atoms. The number of carbonyl (C=O) groups is 2. The fourth-order valence-electron chi connectivity index (χ4n) is 3.33. The van der Waals surface area contributed by atoms with Crippen LogP contribution in [0.3, 0.4) is 0 Å². The Morgan fingerprint density at radius 3 is 2.29 bits per heavy atom. The van der Waals surface area contributed by atoms with Crippen LogP contribution in [-0.2, 0) is 11.2 Å². The first-order valence-electron chi connectivity index (χ1n) is 11.2. The van der Waals surface area contributed by atoms with Crippen LogP contribution in [0.1, 0.15) is 26.3 Å². The van der Waals surface area contributed by atoms with E-state index < -0.39 is 0 Å². The van der Waals surface area contributed by atoms with Crippen LogP contribution in [0.5, 0.6) is 5.75 Å². The lowest BCUT2D eigenvalue weighted by molar-refractivity contribution is 0.0952. The summed E-state index contributed by atoms with van der Waals surface area (Å²) < 4.78 is 10.5. The number of thiocarbonyl (C=S) groups is 1. The number of ether oxygens (including phenoxy) is 2. The topological polar surface area (TPSA) is 79.9 Å². The smallest absolute Gasteiger partial charge is 0.257 e. The molecule has 0 saturated carbocycles. The summed E-state index contributed by atoms with van der Waals surface area (Å²) >= 11 is 5.45. The highest BCUT2D eigenvalue weighted by molar-refractivity contribution is 7.80. The third-order valence-corrected chi connectivity index (χ3v) is 5.63. The van der Waals surface area contributed by atoms with Gasteiger partial charge in [-0.1, -0.05) is 42.5 Å². The molecule has 0 aliphatic rings. The fourth-order valence-corrected chi connectivity index (χ4v) is 3.52. The van der Waals surface area contributed by atoms with Crippen LogP contribution >= 0.6 is 12.2 Å². The Kier molecular flexibility index (Phi) is 9.77. The molecule has 3 aromatic rings. The first kappa shape index (κ1) is 25.9. The van der Waals surface area contributed by atoms with Crippen LogP contribution in [0, 0.1) is 0 Å². The maximum atomic E-state index is 12.9. The number of nitrogens with one attached hydrogen (secondary N) is 2. The van der Waals surface area contributed by atoms with Gasteiger partial charge in [0, 0.05) is 26.3 Å². The molecule has 0 aromatic heterocycles. The Bertz CT molecular complexity index is 1140. The van der Waals surface area contributed by atoms with Crippen molar-refractivity contribution in [3.05, 3.63) is 95.6 Å². The van der Waals surface area contributed by atoms with E-state index in [4.69, 9.17) is 21.7 Å². The number of carbonyl (C=O) groups excluding carboxylic acids is 2. The summed E-state index contributed by atoms with van der Waals surface area (Å²) in [6.45, 7) is 1.42. The average Bonchev–Trinajstić information content (AvgIpc) is 2.89. The highest BCUT2D eigenvalue weighted by Gasteiger charge is 2.18. The second-order valence-corrected chi connectivity index (χ2v) is 8.08. The molecule has 0 bridgehead atoms. The zero-order chi connectivity index (χ0) is 25.0. The van der Waals surface area contributed by atoms with Gasteiger partial charge in [0.25, 0.3) is 11.8 Å². The molecular weight excluding hydrogens is 462 g/mol. The van der Waals surface area contributed by atoms with Crippen LogP contribution in [0.4, 0.5) is 5.69 Å². The lowest BCUT2D eigenvalue weighted by Gasteiger charge is -2.23. The highest BCUT2D eigenvalue weighted by Crippen LogP contribution is 2.20. The van der Waals surface area contributed by atoms with Gasteiger partial charge in [0.15, 0.2) is 5.11 Å². The van der Waals surface area contributed by atoms with Gasteiger partial charge in [-0.15, -0.1) is 0 Å². The van der Waals surface area contributed by atoms with Gasteiger partial charge in [-0.25, -0.2) is 0 Å². The standard InChI is InChI=1S/C27H29N3O4S/c1-30(27(35)29-25(31)21-12-14-22(15-13-21)34-19-18-33-2)24-11-7-6-10-23(24)26(32)28-17-16-20-8-4-3-5-9-20/h3-15H,16-19H2,1-2H3,(H,28,32)(H,29,31,35). The van der Waals surface area contributed by atoms with Crippen LogP contribution < -0.4 is 20.3 Å². The molecule has 2 N–H and O–H groups in total. The maximum Gasteiger partial charge on any atom is 0.257 e. The zero-order valence-electron chi connectivity index (χ0n) is 19.8. The predicted molar refractivity (Wildman–Crippen MR) is 141 cm³/mol. The first-order chi connectivity index (χ1) is 17.0. The van der Waals surface area contributed by atoms with Crippen molar-refractivity contribution in [1.29, 1.82) is 0 Å². The predicted octanol–water partition coefficient (Wildman–Crippen LogP) is 3.84. The largest absolute Gasteiger partial charge is 0.491 e. The molecule has 0 fully saturated rings. The number of anilines is 1. The molecular formula is C27H29N3O4S. The van der Waals surface area contributed by atoms with Gasteiger partial charge >= 0.3 is 0 Å². The Morgan fingerprint density at radius 1 is 0.886 bits per heavy atom. The molecule has 0 unspecified atom stereocenters. The number of amides is 2. The third kappa shape index (κ3) is 7.63. The summed E-state index contributed by atoms with van der Waals surface area (Å²) in [5.41, 5.74) is 2.65. The third-order valence-electron chi connectivity index (χ3n) is 5.25. The number of hydrogen-bond donors (Lipinski definition) is 2. The van der Waals surface area contributed by atoms with Crippen molar-refractivity contribution in [1.82, 2.24) is 10.6 Å². The van der Waals surface area contributed by atoms with Crippen molar-refractivity contribution in [2.45, 2.75) is 6.42 Å². The van der Waals surface area contributed by atoms with Crippen molar-refractivity contribution in [2.75, 3.05) is 38.8 Å². The van der Waals surface area contributed by atoms with Gasteiger partial charge in [-0.2, -0.15) is 0 Å². The normalized spacial score (nSPS) is 10.3. The van der Waals surface area contributed by atoms with E-state index in [1.54, 1.807) is 61.5 Å². The van der Waals surface area contributed by atoms with E-state index in [2.05, 4.69) is 10.6 Å². The van der Waals surface area contributed by atoms with Crippen LogP contribution in [0.25, 0.3) is 0 Å². The van der Waals surface area contributed by atoms with Gasteiger partial charge in [0.05, 0.1) is 17.9 Å². The molecule has 35 heavy (non-hydrogen) atoms. The number of hydrogen-bond acceptors (Lipinski definition) is 5. The highest BCUT2D eigenvalue weighted by atomic mass is 32.1. The summed E-state index contributed by atoms with van der Waals surface area (Å²) in [6.07, 6.45) is 0.731. The monoisotopic (exact) mass is 491 g/mol. The second-order valence-electron chi connectivity index (χ2n) is 7.69. The Morgan fingerprint density at radius 2 is 1.57 bits per heavy atom. The van der Waals surface area contributed by atoms with E-state index in [1.165, 1.54) is 0 Å². The van der Waals surface area contributed by atoms with E-state index in [9.17, 15) is 9.59 Å². The molecule has 7 nitrogen and oxygen atoms in total. The summed E-state index contributed by atoms with van der Waals surface area (Å²) in [5, 5.41) is 5.86. The fraction of sp³-hybridized carbons (Fsp3) is 0.222. The van der Waals surface area contributed by atoms with Gasteiger partial charge in [-0.3, -0.25) is 14.9 Å². The van der Waals surface area contributed by atoms with Gasteiger partial charge in [0.2, 0.25) is 0 Å². The lowest BCUT2D eigenvalue weighted by Crippen LogP contribution is -2.41. The number of para-hydroxylation sites is 1. The number of methoxy groups -OCH3 is 1. The summed E-state index contributed by atoms with van der Waals surface area (Å²) in [7, 11) is 3.32. The molecule has 0 aliphatic carbocycles. The first-order valence-corrected chi connectivity index (χ1v) is 11.6. The van der Waals surface area contributed by atoms with E-state index >= 15 is 0 Å². The van der Waals surface area contributed by atoms with Crippen LogP contribution in [0.2, 0.25) is 0 Å². The molecule has 0 atom stereocenters. The van der Waals surface area contributed by atoms with E-state index in [0.717, 1.165) is 12.0 Å². The van der Waals surface area contributed by atoms with Crippen molar-refractivity contribution < 1.29 is 19.1 Å².